The fourth-order valence-electron chi connectivity index (χ4n) is 2.45. The fraction of sp³-hybridized carbons (Fsp3) is 0.158. The van der Waals surface area contributed by atoms with Gasteiger partial charge in [0.1, 0.15) is 11.6 Å². The second-order valence-corrected chi connectivity index (χ2v) is 5.93. The van der Waals surface area contributed by atoms with E-state index in [1.807, 2.05) is 42.0 Å². The summed E-state index contributed by atoms with van der Waals surface area (Å²) in [4.78, 5) is 16.3. The largest absolute Gasteiger partial charge is 0.484 e. The lowest BCUT2D eigenvalue weighted by molar-refractivity contribution is -0.123. The molecule has 6 heteroatoms. The number of nitrogens with zero attached hydrogens (tertiary/aromatic N) is 2. The molecule has 1 heterocycles. The van der Waals surface area contributed by atoms with Crippen molar-refractivity contribution in [3.8, 4) is 11.4 Å². The molecular formula is C19H18ClN3O2. The van der Waals surface area contributed by atoms with Crippen LogP contribution in [0.3, 0.4) is 0 Å². The van der Waals surface area contributed by atoms with E-state index in [0.717, 1.165) is 17.1 Å². The van der Waals surface area contributed by atoms with E-state index in [9.17, 15) is 4.79 Å². The maximum absolute atomic E-state index is 12.0. The van der Waals surface area contributed by atoms with E-state index >= 15 is 0 Å². The van der Waals surface area contributed by atoms with Gasteiger partial charge < -0.3 is 14.6 Å². The molecule has 128 valence electrons. The summed E-state index contributed by atoms with van der Waals surface area (Å²) in [5.74, 6) is 1.31. The second kappa shape index (κ2) is 7.85. The Morgan fingerprint density at radius 3 is 2.68 bits per heavy atom. The zero-order valence-corrected chi connectivity index (χ0v) is 14.5. The molecule has 0 fully saturated rings. The van der Waals surface area contributed by atoms with Crippen LogP contribution in [0.5, 0.6) is 5.75 Å². The Hall–Kier alpha value is -2.79. The van der Waals surface area contributed by atoms with E-state index in [1.165, 1.54) is 0 Å². The van der Waals surface area contributed by atoms with Gasteiger partial charge in [-0.15, -0.1) is 0 Å². The fourth-order valence-corrected chi connectivity index (χ4v) is 2.58. The van der Waals surface area contributed by atoms with Crippen molar-refractivity contribution in [2.45, 2.75) is 13.5 Å². The minimum Gasteiger partial charge on any atom is -0.484 e. The van der Waals surface area contributed by atoms with Gasteiger partial charge in [0.2, 0.25) is 0 Å². The molecule has 0 aliphatic rings. The minimum absolute atomic E-state index is 0.0477. The lowest BCUT2D eigenvalue weighted by atomic mass is 10.1. The van der Waals surface area contributed by atoms with Gasteiger partial charge in [-0.3, -0.25) is 4.79 Å². The molecule has 3 aromatic rings. The molecule has 0 spiro atoms. The molecule has 0 saturated heterocycles. The number of carbonyl (C=O) groups is 1. The molecule has 0 saturated carbocycles. The van der Waals surface area contributed by atoms with Gasteiger partial charge >= 0.3 is 0 Å². The minimum atomic E-state index is -0.188. The maximum atomic E-state index is 12.0. The SMILES string of the molecule is Cc1nccn1-c1ccccc1CNC(=O)COc1ccc(Cl)cc1. The number of aryl methyl sites for hydroxylation is 1. The number of aromatic nitrogens is 2. The van der Waals surface area contributed by atoms with E-state index in [0.29, 0.717) is 17.3 Å². The quantitative estimate of drug-likeness (QED) is 0.736. The van der Waals surface area contributed by atoms with Gasteiger partial charge in [-0.05, 0) is 42.8 Å². The van der Waals surface area contributed by atoms with Crippen molar-refractivity contribution in [3.05, 3.63) is 77.3 Å². The van der Waals surface area contributed by atoms with Crippen molar-refractivity contribution in [2.75, 3.05) is 6.61 Å². The predicted octanol–water partition coefficient (Wildman–Crippen LogP) is 3.53. The summed E-state index contributed by atoms with van der Waals surface area (Å²) in [7, 11) is 0. The number of amides is 1. The van der Waals surface area contributed by atoms with E-state index in [1.54, 1.807) is 30.5 Å². The van der Waals surface area contributed by atoms with Crippen LogP contribution in [0.15, 0.2) is 60.9 Å². The number of benzene rings is 2. The first kappa shape index (κ1) is 17.0. The van der Waals surface area contributed by atoms with E-state index < -0.39 is 0 Å². The van der Waals surface area contributed by atoms with Crippen molar-refractivity contribution in [1.82, 2.24) is 14.9 Å². The molecular weight excluding hydrogens is 338 g/mol. The van der Waals surface area contributed by atoms with Crippen LogP contribution in [0.1, 0.15) is 11.4 Å². The smallest absolute Gasteiger partial charge is 0.258 e. The second-order valence-electron chi connectivity index (χ2n) is 5.49. The van der Waals surface area contributed by atoms with Crippen LogP contribution in [0, 0.1) is 6.92 Å². The lowest BCUT2D eigenvalue weighted by Crippen LogP contribution is -2.28. The molecule has 25 heavy (non-hydrogen) atoms. The lowest BCUT2D eigenvalue weighted by Gasteiger charge is -2.13. The Morgan fingerprint density at radius 1 is 1.20 bits per heavy atom. The van der Waals surface area contributed by atoms with Crippen LogP contribution in [-0.4, -0.2) is 22.1 Å². The topological polar surface area (TPSA) is 56.2 Å². The highest BCUT2D eigenvalue weighted by Gasteiger charge is 2.08. The first-order valence-electron chi connectivity index (χ1n) is 7.87. The van der Waals surface area contributed by atoms with Crippen LogP contribution in [0.25, 0.3) is 5.69 Å². The number of hydrogen-bond donors (Lipinski definition) is 1. The van der Waals surface area contributed by atoms with Gasteiger partial charge in [-0.25, -0.2) is 4.98 Å². The van der Waals surface area contributed by atoms with Gasteiger partial charge in [-0.1, -0.05) is 29.8 Å². The number of halogens is 1. The molecule has 1 amide bonds. The summed E-state index contributed by atoms with van der Waals surface area (Å²) in [5, 5.41) is 3.51. The van der Waals surface area contributed by atoms with Crippen LogP contribution in [-0.2, 0) is 11.3 Å². The zero-order valence-electron chi connectivity index (χ0n) is 13.8. The van der Waals surface area contributed by atoms with Crippen LogP contribution >= 0.6 is 11.6 Å². The highest BCUT2D eigenvalue weighted by Crippen LogP contribution is 2.17. The summed E-state index contributed by atoms with van der Waals surface area (Å²) < 4.78 is 7.44. The van der Waals surface area contributed by atoms with Crippen LogP contribution in [0.2, 0.25) is 5.02 Å². The molecule has 0 aliphatic carbocycles. The van der Waals surface area contributed by atoms with Crippen molar-refractivity contribution >= 4 is 17.5 Å². The van der Waals surface area contributed by atoms with Gasteiger partial charge in [-0.2, -0.15) is 0 Å². The molecule has 1 N–H and O–H groups in total. The molecule has 3 rings (SSSR count). The monoisotopic (exact) mass is 355 g/mol. The summed E-state index contributed by atoms with van der Waals surface area (Å²) in [6.45, 7) is 2.31. The van der Waals surface area contributed by atoms with Crippen LogP contribution < -0.4 is 10.1 Å². The average Bonchev–Trinajstić information content (AvgIpc) is 3.05. The Kier molecular flexibility index (Phi) is 5.36. The molecule has 0 radical (unpaired) electrons. The number of nitrogens with one attached hydrogen (secondary N) is 1. The van der Waals surface area contributed by atoms with Gasteiger partial charge in [0.25, 0.3) is 5.91 Å². The number of rotatable bonds is 6. The van der Waals surface area contributed by atoms with Gasteiger partial charge in [0.05, 0.1) is 5.69 Å². The Balaban J connectivity index is 1.59. The van der Waals surface area contributed by atoms with Crippen molar-refractivity contribution in [2.24, 2.45) is 0 Å². The third-order valence-corrected chi connectivity index (χ3v) is 3.99. The average molecular weight is 356 g/mol. The standard InChI is InChI=1S/C19H18ClN3O2/c1-14-21-10-11-23(14)18-5-3-2-4-15(18)12-22-19(24)13-25-17-8-6-16(20)7-9-17/h2-11H,12-13H2,1H3,(H,22,24). The Bertz CT molecular complexity index is 859. The van der Waals surface area contributed by atoms with E-state index in [-0.39, 0.29) is 12.5 Å². The zero-order chi connectivity index (χ0) is 17.6. The number of ether oxygens (including phenoxy) is 1. The Morgan fingerprint density at radius 2 is 1.96 bits per heavy atom. The predicted molar refractivity (Wildman–Crippen MR) is 97.1 cm³/mol. The van der Waals surface area contributed by atoms with E-state index in [2.05, 4.69) is 10.3 Å². The number of hydrogen-bond acceptors (Lipinski definition) is 3. The molecule has 0 unspecified atom stereocenters. The summed E-state index contributed by atoms with van der Waals surface area (Å²) in [5.41, 5.74) is 2.00. The maximum Gasteiger partial charge on any atom is 0.258 e. The number of para-hydroxylation sites is 1. The highest BCUT2D eigenvalue weighted by molar-refractivity contribution is 6.30. The highest BCUT2D eigenvalue weighted by atomic mass is 35.5. The Labute approximate surface area is 151 Å². The third kappa shape index (κ3) is 4.39. The molecule has 5 nitrogen and oxygen atoms in total. The molecule has 0 bridgehead atoms. The summed E-state index contributed by atoms with van der Waals surface area (Å²) >= 11 is 5.82. The van der Waals surface area contributed by atoms with Crippen molar-refractivity contribution in [3.63, 3.8) is 0 Å². The summed E-state index contributed by atoms with van der Waals surface area (Å²) in [6.07, 6.45) is 3.66. The molecule has 0 aliphatic heterocycles. The molecule has 0 atom stereocenters. The molecule has 1 aromatic heterocycles. The first-order chi connectivity index (χ1) is 12.1. The normalized spacial score (nSPS) is 10.5. The van der Waals surface area contributed by atoms with Crippen molar-refractivity contribution in [1.29, 1.82) is 0 Å². The number of carbonyl (C=O) groups excluding carboxylic acids is 1. The van der Waals surface area contributed by atoms with Gasteiger partial charge in [0, 0.05) is 24.0 Å². The molecule has 2 aromatic carbocycles. The van der Waals surface area contributed by atoms with Crippen molar-refractivity contribution < 1.29 is 9.53 Å². The summed E-state index contributed by atoms with van der Waals surface area (Å²) in [6, 6.07) is 14.8. The van der Waals surface area contributed by atoms with E-state index in [4.69, 9.17) is 16.3 Å². The third-order valence-electron chi connectivity index (χ3n) is 3.74. The van der Waals surface area contributed by atoms with Gasteiger partial charge in [0.15, 0.2) is 6.61 Å². The number of imidazole rings is 1. The van der Waals surface area contributed by atoms with Crippen LogP contribution in [0.4, 0.5) is 0 Å². The first-order valence-corrected chi connectivity index (χ1v) is 8.24.